The summed E-state index contributed by atoms with van der Waals surface area (Å²) in [5, 5.41) is 4.77. The van der Waals surface area contributed by atoms with Crippen LogP contribution >= 0.6 is 0 Å². The van der Waals surface area contributed by atoms with E-state index in [9.17, 15) is 0 Å². The van der Waals surface area contributed by atoms with Crippen LogP contribution < -0.4 is 0 Å². The van der Waals surface area contributed by atoms with Crippen LogP contribution in [0, 0.1) is 0 Å². The third-order valence-corrected chi connectivity index (χ3v) is 3.98. The Hall–Kier alpha value is -0.830. The number of likely N-dealkylation sites (tertiary alicyclic amines) is 1. The van der Waals surface area contributed by atoms with E-state index in [-0.39, 0.29) is 5.41 Å². The Balaban J connectivity index is 2.00. The number of hydrogen-bond donors (Lipinski definition) is 0. The summed E-state index contributed by atoms with van der Waals surface area (Å²) in [5.41, 5.74) is 1.36. The van der Waals surface area contributed by atoms with E-state index in [0.717, 1.165) is 0 Å². The molecule has 3 nitrogen and oxygen atoms in total. The van der Waals surface area contributed by atoms with Gasteiger partial charge in [-0.1, -0.05) is 20.8 Å². The molecule has 0 aromatic carbocycles. The second kappa shape index (κ2) is 5.04. The van der Waals surface area contributed by atoms with E-state index in [0.29, 0.717) is 12.1 Å². The Morgan fingerprint density at radius 2 is 1.83 bits per heavy atom. The lowest BCUT2D eigenvalue weighted by Crippen LogP contribution is -2.39. The van der Waals surface area contributed by atoms with E-state index in [1.807, 2.05) is 0 Å². The average molecular weight is 249 g/mol. The highest BCUT2D eigenvalue weighted by Gasteiger charge is 2.24. The van der Waals surface area contributed by atoms with Crippen molar-refractivity contribution < 1.29 is 0 Å². The zero-order valence-corrected chi connectivity index (χ0v) is 12.5. The van der Waals surface area contributed by atoms with E-state index in [2.05, 4.69) is 56.5 Å². The van der Waals surface area contributed by atoms with Crippen molar-refractivity contribution in [3.63, 3.8) is 0 Å². The van der Waals surface area contributed by atoms with Crippen LogP contribution in [0.1, 0.15) is 59.2 Å². The highest BCUT2D eigenvalue weighted by Crippen LogP contribution is 2.26. The lowest BCUT2D eigenvalue weighted by molar-refractivity contribution is 0.146. The molecule has 0 bridgehead atoms. The van der Waals surface area contributed by atoms with Gasteiger partial charge in [-0.2, -0.15) is 5.10 Å². The normalized spacial score (nSPS) is 19.7. The van der Waals surface area contributed by atoms with Gasteiger partial charge in [-0.25, -0.2) is 0 Å². The maximum absolute atomic E-state index is 4.77. The summed E-state index contributed by atoms with van der Waals surface area (Å²) in [6.45, 7) is 13.6. The van der Waals surface area contributed by atoms with Crippen LogP contribution in [0.2, 0.25) is 0 Å². The van der Waals surface area contributed by atoms with Gasteiger partial charge in [0.05, 0.1) is 11.7 Å². The average Bonchev–Trinajstić information content (AvgIpc) is 2.78. The van der Waals surface area contributed by atoms with Gasteiger partial charge < -0.3 is 4.90 Å². The molecule has 0 unspecified atom stereocenters. The minimum Gasteiger partial charge on any atom is -0.301 e. The first-order valence-electron chi connectivity index (χ1n) is 7.17. The fourth-order valence-electron chi connectivity index (χ4n) is 2.61. The van der Waals surface area contributed by atoms with E-state index >= 15 is 0 Å². The predicted molar refractivity (Wildman–Crippen MR) is 75.9 cm³/mol. The van der Waals surface area contributed by atoms with Crippen LogP contribution in [0.15, 0.2) is 12.3 Å². The third-order valence-electron chi connectivity index (χ3n) is 3.98. The lowest BCUT2D eigenvalue weighted by atomic mass is 9.93. The Kier molecular flexibility index (Phi) is 3.81. The van der Waals surface area contributed by atoms with Gasteiger partial charge in [-0.3, -0.25) is 4.68 Å². The summed E-state index contributed by atoms with van der Waals surface area (Å²) >= 11 is 0. The largest absolute Gasteiger partial charge is 0.301 e. The van der Waals surface area contributed by atoms with Gasteiger partial charge >= 0.3 is 0 Å². The molecule has 1 aromatic rings. The van der Waals surface area contributed by atoms with E-state index in [1.165, 1.54) is 31.6 Å². The number of rotatable bonds is 2. The van der Waals surface area contributed by atoms with Gasteiger partial charge in [0.15, 0.2) is 0 Å². The fourth-order valence-corrected chi connectivity index (χ4v) is 2.61. The smallest absolute Gasteiger partial charge is 0.0678 e. The Morgan fingerprint density at radius 3 is 2.28 bits per heavy atom. The maximum atomic E-state index is 4.77. The van der Waals surface area contributed by atoms with Gasteiger partial charge in [-0.15, -0.1) is 0 Å². The minimum atomic E-state index is 0.157. The summed E-state index contributed by atoms with van der Waals surface area (Å²) in [5.74, 6) is 0. The van der Waals surface area contributed by atoms with Gasteiger partial charge in [0, 0.05) is 30.7 Å². The molecule has 1 saturated heterocycles. The highest BCUT2D eigenvalue weighted by atomic mass is 15.3. The van der Waals surface area contributed by atoms with Crippen molar-refractivity contribution in [3.8, 4) is 0 Å². The molecule has 0 spiro atoms. The van der Waals surface area contributed by atoms with Gasteiger partial charge in [-0.05, 0) is 32.8 Å². The monoisotopic (exact) mass is 249 g/mol. The fraction of sp³-hybridized carbons (Fsp3) is 0.800. The topological polar surface area (TPSA) is 21.1 Å². The first kappa shape index (κ1) is 13.6. The van der Waals surface area contributed by atoms with Crippen molar-refractivity contribution >= 4 is 0 Å². The van der Waals surface area contributed by atoms with Crippen molar-refractivity contribution in [2.45, 2.75) is 65.0 Å². The van der Waals surface area contributed by atoms with Gasteiger partial charge in [0.2, 0.25) is 0 Å². The van der Waals surface area contributed by atoms with E-state index in [4.69, 9.17) is 5.10 Å². The summed E-state index contributed by atoms with van der Waals surface area (Å²) in [7, 11) is 0. The molecule has 0 amide bonds. The molecule has 0 saturated carbocycles. The molecule has 102 valence electrons. The van der Waals surface area contributed by atoms with Crippen LogP contribution in [0.4, 0.5) is 0 Å². The molecule has 2 heterocycles. The third kappa shape index (κ3) is 2.94. The van der Waals surface area contributed by atoms with Crippen molar-refractivity contribution in [1.82, 2.24) is 14.7 Å². The summed E-state index contributed by atoms with van der Waals surface area (Å²) in [4.78, 5) is 2.56. The summed E-state index contributed by atoms with van der Waals surface area (Å²) in [6.07, 6.45) is 4.61. The molecule has 0 atom stereocenters. The van der Waals surface area contributed by atoms with Crippen molar-refractivity contribution in [3.05, 3.63) is 18.0 Å². The Bertz CT molecular complexity index is 379. The quantitative estimate of drug-likeness (QED) is 0.802. The molecule has 0 radical (unpaired) electrons. The van der Waals surface area contributed by atoms with Gasteiger partial charge in [0.1, 0.15) is 0 Å². The molecule has 1 aliphatic rings. The zero-order valence-electron chi connectivity index (χ0n) is 12.5. The first-order valence-corrected chi connectivity index (χ1v) is 7.17. The summed E-state index contributed by atoms with van der Waals surface area (Å²) < 4.78 is 2.19. The molecule has 3 heteroatoms. The zero-order chi connectivity index (χ0) is 13.3. The van der Waals surface area contributed by atoms with Crippen LogP contribution in [0.5, 0.6) is 0 Å². The van der Waals surface area contributed by atoms with Crippen LogP contribution in [0.3, 0.4) is 0 Å². The van der Waals surface area contributed by atoms with E-state index in [1.54, 1.807) is 0 Å². The molecule has 1 aliphatic heterocycles. The molecule has 2 rings (SSSR count). The number of hydrogen-bond acceptors (Lipinski definition) is 2. The van der Waals surface area contributed by atoms with Gasteiger partial charge in [0.25, 0.3) is 0 Å². The Morgan fingerprint density at radius 1 is 1.22 bits per heavy atom. The second-order valence-electron chi connectivity index (χ2n) is 6.79. The molecular weight excluding hydrogens is 222 g/mol. The molecule has 18 heavy (non-hydrogen) atoms. The van der Waals surface area contributed by atoms with Crippen LogP contribution in [0.25, 0.3) is 0 Å². The van der Waals surface area contributed by atoms with Crippen molar-refractivity contribution in [2.24, 2.45) is 0 Å². The van der Waals surface area contributed by atoms with Crippen molar-refractivity contribution in [1.29, 1.82) is 0 Å². The van der Waals surface area contributed by atoms with Crippen LogP contribution in [-0.4, -0.2) is 33.8 Å². The first-order chi connectivity index (χ1) is 8.38. The molecule has 0 N–H and O–H groups in total. The second-order valence-corrected chi connectivity index (χ2v) is 6.79. The standard InChI is InChI=1S/C15H27N3/c1-12(2)17-9-6-13(7-10-17)18-11-8-14(16-18)15(3,4)5/h8,11-13H,6-7,9-10H2,1-5H3. The maximum Gasteiger partial charge on any atom is 0.0678 e. The number of piperidine rings is 1. The number of nitrogens with zero attached hydrogens (tertiary/aromatic N) is 3. The number of aromatic nitrogens is 2. The van der Waals surface area contributed by atoms with Crippen LogP contribution in [-0.2, 0) is 5.41 Å². The SMILES string of the molecule is CC(C)N1CCC(n2ccc(C(C)(C)C)n2)CC1. The molecule has 0 aliphatic carbocycles. The molecular formula is C15H27N3. The minimum absolute atomic E-state index is 0.157. The predicted octanol–water partition coefficient (Wildman–Crippen LogP) is 3.23. The highest BCUT2D eigenvalue weighted by molar-refractivity contribution is 5.10. The summed E-state index contributed by atoms with van der Waals surface area (Å²) in [6, 6.07) is 3.44. The van der Waals surface area contributed by atoms with Crippen molar-refractivity contribution in [2.75, 3.05) is 13.1 Å². The molecule has 1 fully saturated rings. The van der Waals surface area contributed by atoms with E-state index < -0.39 is 0 Å². The lowest BCUT2D eigenvalue weighted by Gasteiger charge is -2.34. The molecule has 1 aromatic heterocycles. The Labute approximate surface area is 111 Å².